The normalized spacial score (nSPS) is 18.3. The molecule has 328 valence electrons. The number of amides is 1. The van der Waals surface area contributed by atoms with Crippen molar-refractivity contribution < 1.29 is 56.0 Å². The molecule has 64 heavy (non-hydrogen) atoms. The number of fused-ring (bicyclic) bond motifs is 5. The fourth-order valence-corrected chi connectivity index (χ4v) is 10.6. The van der Waals surface area contributed by atoms with Gasteiger partial charge in [0.1, 0.15) is 30.7 Å². The highest BCUT2D eigenvalue weighted by molar-refractivity contribution is 7.89. The van der Waals surface area contributed by atoms with Gasteiger partial charge in [-0.3, -0.25) is 14.4 Å². The molecule has 0 radical (unpaired) electrons. The Labute approximate surface area is 368 Å². The van der Waals surface area contributed by atoms with Crippen LogP contribution in [-0.2, 0) is 42.7 Å². The molecule has 3 aliphatic carbocycles. The molecule has 0 saturated carbocycles. The minimum Gasteiger partial charge on any atom is -0.497 e. The maximum atomic E-state index is 14.1. The Balaban J connectivity index is 0.990. The smallest absolute Gasteiger partial charge is 0.318 e. The Morgan fingerprint density at radius 3 is 1.91 bits per heavy atom. The number of benzene rings is 5. The predicted molar refractivity (Wildman–Crippen MR) is 235 cm³/mol. The molecule has 17 heteroatoms. The van der Waals surface area contributed by atoms with Gasteiger partial charge in [-0.05, 0) is 111 Å². The van der Waals surface area contributed by atoms with Crippen molar-refractivity contribution in [2.24, 2.45) is 0 Å². The van der Waals surface area contributed by atoms with Crippen molar-refractivity contribution in [3.63, 3.8) is 0 Å². The number of carbonyl (C=O) groups is 3. The third-order valence-electron chi connectivity index (χ3n) is 11.2. The lowest BCUT2D eigenvalue weighted by atomic mass is 9.84. The summed E-state index contributed by atoms with van der Waals surface area (Å²) in [5.41, 5.74) is 5.23. The highest BCUT2D eigenvalue weighted by Crippen LogP contribution is 2.38. The van der Waals surface area contributed by atoms with Crippen LogP contribution in [0.2, 0.25) is 0 Å². The highest BCUT2D eigenvalue weighted by atomic mass is 32.2. The molecule has 0 aromatic heterocycles. The van der Waals surface area contributed by atoms with Crippen LogP contribution in [-0.4, -0.2) is 84.9 Å². The molecule has 5 aromatic rings. The van der Waals surface area contributed by atoms with E-state index in [2.05, 4.69) is 5.32 Å². The van der Waals surface area contributed by atoms with Gasteiger partial charge in [0, 0.05) is 30.6 Å². The molecule has 2 bridgehead atoms. The van der Waals surface area contributed by atoms with Gasteiger partial charge < -0.3 is 30.1 Å². The number of hydrogen-bond donors (Lipinski definition) is 4. The molecule has 15 nitrogen and oxygen atoms in total. The minimum absolute atomic E-state index is 0.186. The molecule has 2 unspecified atom stereocenters. The van der Waals surface area contributed by atoms with Gasteiger partial charge >= 0.3 is 11.9 Å². The van der Waals surface area contributed by atoms with Crippen molar-refractivity contribution in [3.05, 3.63) is 172 Å². The first-order chi connectivity index (χ1) is 30.6. The fourth-order valence-electron chi connectivity index (χ4n) is 7.89. The number of aliphatic hydroxyl groups is 1. The first-order valence-electron chi connectivity index (χ1n) is 19.9. The molecular formula is C47H41N3O12S2. The molecule has 5 aromatic carbocycles. The van der Waals surface area contributed by atoms with E-state index in [1.165, 1.54) is 67.8 Å². The second-order valence-electron chi connectivity index (χ2n) is 15.2. The van der Waals surface area contributed by atoms with E-state index in [0.29, 0.717) is 29.0 Å². The number of carboxylic acid groups (broad SMARTS) is 2. The fraction of sp³-hybridized carbons (Fsp3) is 0.170. The average molecular weight is 904 g/mol. The third-order valence-corrected chi connectivity index (χ3v) is 14.8. The molecular weight excluding hydrogens is 863 g/mol. The number of hydrogen-bond acceptors (Lipinski definition) is 10. The predicted octanol–water partition coefficient (Wildman–Crippen LogP) is 5.79. The van der Waals surface area contributed by atoms with E-state index >= 15 is 0 Å². The van der Waals surface area contributed by atoms with Crippen molar-refractivity contribution in [1.29, 1.82) is 0 Å². The standard InChI is InChI=1S/C47H41N3O12S2/c1-61-36-13-17-38(18-14-36)63(57,58)49(27-44(51)52)25-33-5-2-3-6-34(33)26-50(28-45(53)54)64(59,60)39-19-15-37(16-20-39)62-43-24-32-11-9-29(43)7-4-8-40(32)31-12-10-30-22-41-42(23-35(30)21-31)47(56)48-46(41)55/h2-23,43,46,55H,24-28H2,1H3,(H,48,56)(H,51,52)(H,53,54)/b7-4-,8-4?,29-7?,40-8+,40-32?. The van der Waals surface area contributed by atoms with Crippen molar-refractivity contribution in [1.82, 2.24) is 13.9 Å². The maximum absolute atomic E-state index is 14.1. The zero-order valence-electron chi connectivity index (χ0n) is 34.1. The van der Waals surface area contributed by atoms with Crippen LogP contribution in [0.4, 0.5) is 0 Å². The first kappa shape index (κ1) is 43.7. The second kappa shape index (κ2) is 17.7. The van der Waals surface area contributed by atoms with Gasteiger partial charge in [-0.15, -0.1) is 0 Å². The van der Waals surface area contributed by atoms with Crippen LogP contribution < -0.4 is 14.8 Å². The number of methoxy groups -OCH3 is 1. The van der Waals surface area contributed by atoms with Crippen LogP contribution in [0.5, 0.6) is 11.5 Å². The number of ether oxygens (including phenoxy) is 2. The third kappa shape index (κ3) is 8.97. The quantitative estimate of drug-likeness (QED) is 0.0926. The number of sulfonamides is 2. The summed E-state index contributed by atoms with van der Waals surface area (Å²) in [5.74, 6) is -2.43. The highest BCUT2D eigenvalue weighted by Gasteiger charge is 2.32. The van der Waals surface area contributed by atoms with Gasteiger partial charge in [-0.25, -0.2) is 16.8 Å². The maximum Gasteiger partial charge on any atom is 0.318 e. The second-order valence-corrected chi connectivity index (χ2v) is 19.1. The number of allylic oxidation sites excluding steroid dienone is 5. The summed E-state index contributed by atoms with van der Waals surface area (Å²) in [5, 5.41) is 34.0. The van der Waals surface area contributed by atoms with Gasteiger partial charge in [-0.2, -0.15) is 8.61 Å². The number of rotatable bonds is 16. The van der Waals surface area contributed by atoms with Gasteiger partial charge in [0.2, 0.25) is 20.0 Å². The molecule has 1 aliphatic heterocycles. The number of aliphatic carboxylic acids is 2. The van der Waals surface area contributed by atoms with Crippen molar-refractivity contribution in [2.75, 3.05) is 20.2 Å². The van der Waals surface area contributed by atoms with E-state index < -0.39 is 70.5 Å². The van der Waals surface area contributed by atoms with Crippen LogP contribution in [0.1, 0.15) is 45.3 Å². The van der Waals surface area contributed by atoms with Crippen LogP contribution >= 0.6 is 0 Å². The molecule has 4 aliphatic rings. The van der Waals surface area contributed by atoms with E-state index in [1.807, 2.05) is 54.6 Å². The van der Waals surface area contributed by atoms with Crippen LogP contribution in [0.25, 0.3) is 16.3 Å². The summed E-state index contributed by atoms with van der Waals surface area (Å²) in [6, 6.07) is 26.8. The molecule has 0 saturated heterocycles. The summed E-state index contributed by atoms with van der Waals surface area (Å²) in [6.45, 7) is -2.76. The Morgan fingerprint density at radius 1 is 0.734 bits per heavy atom. The van der Waals surface area contributed by atoms with Crippen molar-refractivity contribution >= 4 is 54.2 Å². The number of nitrogens with zero attached hydrogens (tertiary/aromatic N) is 2. The lowest BCUT2D eigenvalue weighted by Gasteiger charge is -2.27. The molecule has 1 amide bonds. The Hall–Kier alpha value is -6.89. The SMILES string of the molecule is COc1ccc(S(=O)(=O)N(CC(=O)O)Cc2ccccc2CN(CC(=O)O)S(=O)(=O)c2ccc(OC3CC4=CC=C3/C=C\C=C\4c3ccc4cc5c(cc4c3)C(=O)NC5O)cc2)cc1. The summed E-state index contributed by atoms with van der Waals surface area (Å²) >= 11 is 0. The molecule has 0 fully saturated rings. The lowest BCUT2D eigenvalue weighted by molar-refractivity contribution is -0.138. The van der Waals surface area contributed by atoms with Crippen LogP contribution in [0.15, 0.2) is 154 Å². The van der Waals surface area contributed by atoms with E-state index in [-0.39, 0.29) is 26.8 Å². The molecule has 1 heterocycles. The monoisotopic (exact) mass is 903 g/mol. The lowest BCUT2D eigenvalue weighted by Crippen LogP contribution is -2.37. The van der Waals surface area contributed by atoms with Gasteiger partial charge in [0.05, 0.1) is 16.9 Å². The van der Waals surface area contributed by atoms with Gasteiger partial charge in [-0.1, -0.05) is 66.8 Å². The Bertz CT molecular complexity index is 3050. The Kier molecular flexibility index (Phi) is 12.1. The molecule has 0 spiro atoms. The van der Waals surface area contributed by atoms with Crippen LogP contribution in [0, 0.1) is 0 Å². The minimum atomic E-state index is -4.48. The number of aliphatic hydroxyl groups excluding tert-OH is 1. The summed E-state index contributed by atoms with van der Waals surface area (Å²) in [7, 11) is -7.44. The Morgan fingerprint density at radius 2 is 1.33 bits per heavy atom. The van der Waals surface area contributed by atoms with Crippen LogP contribution in [0.3, 0.4) is 0 Å². The first-order valence-corrected chi connectivity index (χ1v) is 22.8. The van der Waals surface area contributed by atoms with E-state index in [4.69, 9.17) is 9.47 Å². The number of carboxylic acids is 2. The number of carbonyl (C=O) groups excluding carboxylic acids is 1. The summed E-state index contributed by atoms with van der Waals surface area (Å²) < 4.78 is 68.7. The van der Waals surface area contributed by atoms with E-state index in [1.54, 1.807) is 18.2 Å². The number of nitrogens with one attached hydrogen (secondary N) is 1. The van der Waals surface area contributed by atoms with Gasteiger partial charge in [0.25, 0.3) is 5.91 Å². The average Bonchev–Trinajstić information content (AvgIpc) is 3.54. The van der Waals surface area contributed by atoms with E-state index in [0.717, 1.165) is 41.7 Å². The summed E-state index contributed by atoms with van der Waals surface area (Å²) in [6.07, 6.45) is 8.86. The summed E-state index contributed by atoms with van der Waals surface area (Å²) in [4.78, 5) is 36.0. The van der Waals surface area contributed by atoms with E-state index in [9.17, 15) is 46.5 Å². The topological polar surface area (TPSA) is 217 Å². The zero-order chi connectivity index (χ0) is 45.3. The molecule has 2 atom stereocenters. The van der Waals surface area contributed by atoms with Crippen molar-refractivity contribution in [3.8, 4) is 11.5 Å². The molecule has 9 rings (SSSR count). The largest absolute Gasteiger partial charge is 0.497 e. The van der Waals surface area contributed by atoms with Gasteiger partial charge in [0.15, 0.2) is 6.23 Å². The van der Waals surface area contributed by atoms with Crippen molar-refractivity contribution in [2.45, 2.75) is 41.6 Å². The molecule has 4 N–H and O–H groups in total. The zero-order valence-corrected chi connectivity index (χ0v) is 35.8.